The Balaban J connectivity index is 1.70. The van der Waals surface area contributed by atoms with E-state index < -0.39 is 0 Å². The molecule has 0 aliphatic heterocycles. The molecule has 1 heterocycles. The molecule has 0 aromatic carbocycles. The standard InChI is InChI=1S/C14H23N5/c1-9-5-13(17-14(16-9)18-15)19(2)8-12-7-10-3-4-11(12)6-10/h5,10-12H,3-4,6-8,15H2,1-2H3,(H,16,17,18). The number of hydrogen-bond donors (Lipinski definition) is 2. The lowest BCUT2D eigenvalue weighted by Crippen LogP contribution is -2.29. The van der Waals surface area contributed by atoms with E-state index in [4.69, 9.17) is 5.84 Å². The molecular formula is C14H23N5. The molecule has 2 aliphatic carbocycles. The Morgan fingerprint density at radius 2 is 2.21 bits per heavy atom. The molecular weight excluding hydrogens is 238 g/mol. The second-order valence-corrected chi connectivity index (χ2v) is 6.15. The molecule has 0 radical (unpaired) electrons. The predicted molar refractivity (Wildman–Crippen MR) is 76.8 cm³/mol. The van der Waals surface area contributed by atoms with E-state index in [0.29, 0.717) is 5.95 Å². The Morgan fingerprint density at radius 1 is 1.37 bits per heavy atom. The molecule has 0 saturated heterocycles. The molecule has 2 fully saturated rings. The van der Waals surface area contributed by atoms with Crippen LogP contribution in [0.4, 0.5) is 11.8 Å². The Bertz CT molecular complexity index is 461. The molecule has 0 amide bonds. The summed E-state index contributed by atoms with van der Waals surface area (Å²) in [6, 6.07) is 2.02. The first-order valence-corrected chi connectivity index (χ1v) is 7.19. The fourth-order valence-electron chi connectivity index (χ4n) is 3.86. The summed E-state index contributed by atoms with van der Waals surface area (Å²) in [7, 11) is 2.12. The third-order valence-electron chi connectivity index (χ3n) is 4.75. The minimum absolute atomic E-state index is 0.495. The Morgan fingerprint density at radius 3 is 2.84 bits per heavy atom. The molecule has 3 N–H and O–H groups in total. The molecule has 2 saturated carbocycles. The van der Waals surface area contributed by atoms with Gasteiger partial charge in [0.25, 0.3) is 0 Å². The van der Waals surface area contributed by atoms with Crippen LogP contribution in [0.1, 0.15) is 31.4 Å². The number of nitrogens with zero attached hydrogens (tertiary/aromatic N) is 3. The fraction of sp³-hybridized carbons (Fsp3) is 0.714. The van der Waals surface area contributed by atoms with Gasteiger partial charge in [-0.3, -0.25) is 5.43 Å². The molecule has 1 aromatic rings. The van der Waals surface area contributed by atoms with E-state index in [0.717, 1.165) is 35.8 Å². The summed E-state index contributed by atoms with van der Waals surface area (Å²) in [6.07, 6.45) is 5.75. The highest BCUT2D eigenvalue weighted by Crippen LogP contribution is 2.48. The van der Waals surface area contributed by atoms with E-state index in [2.05, 4.69) is 27.3 Å². The van der Waals surface area contributed by atoms with E-state index in [-0.39, 0.29) is 0 Å². The number of hydrazine groups is 1. The van der Waals surface area contributed by atoms with Crippen LogP contribution in [-0.4, -0.2) is 23.6 Å². The topological polar surface area (TPSA) is 67.1 Å². The summed E-state index contributed by atoms with van der Waals surface area (Å²) in [4.78, 5) is 10.9. The lowest BCUT2D eigenvalue weighted by molar-refractivity contribution is 0.337. The van der Waals surface area contributed by atoms with Gasteiger partial charge in [-0.05, 0) is 43.9 Å². The number of aromatic nitrogens is 2. The number of fused-ring (bicyclic) bond motifs is 2. The number of nitrogens with two attached hydrogens (primary N) is 1. The quantitative estimate of drug-likeness (QED) is 0.640. The first-order chi connectivity index (χ1) is 9.15. The van der Waals surface area contributed by atoms with Crippen LogP contribution >= 0.6 is 0 Å². The van der Waals surface area contributed by atoms with Crippen molar-refractivity contribution in [3.63, 3.8) is 0 Å². The first-order valence-electron chi connectivity index (χ1n) is 7.19. The van der Waals surface area contributed by atoms with Crippen molar-refractivity contribution in [2.24, 2.45) is 23.6 Å². The van der Waals surface area contributed by atoms with E-state index in [1.165, 1.54) is 25.7 Å². The molecule has 3 atom stereocenters. The van der Waals surface area contributed by atoms with Crippen molar-refractivity contribution < 1.29 is 0 Å². The van der Waals surface area contributed by atoms with Crippen molar-refractivity contribution in [2.75, 3.05) is 23.9 Å². The number of anilines is 2. The monoisotopic (exact) mass is 261 g/mol. The van der Waals surface area contributed by atoms with E-state index in [1.807, 2.05) is 13.0 Å². The molecule has 3 unspecified atom stereocenters. The minimum Gasteiger partial charge on any atom is -0.359 e. The maximum atomic E-state index is 5.41. The van der Waals surface area contributed by atoms with Crippen LogP contribution in [0.5, 0.6) is 0 Å². The zero-order chi connectivity index (χ0) is 13.4. The molecule has 1 aromatic heterocycles. The number of nitrogen functional groups attached to an aromatic ring is 1. The van der Waals surface area contributed by atoms with E-state index in [9.17, 15) is 0 Å². The smallest absolute Gasteiger partial charge is 0.239 e. The van der Waals surface area contributed by atoms with Gasteiger partial charge in [-0.1, -0.05) is 6.42 Å². The van der Waals surface area contributed by atoms with Gasteiger partial charge in [-0.25, -0.2) is 10.8 Å². The first kappa shape index (κ1) is 12.7. The predicted octanol–water partition coefficient (Wildman–Crippen LogP) is 1.94. The SMILES string of the molecule is Cc1cc(N(C)CC2CC3CCC2C3)nc(NN)n1. The summed E-state index contributed by atoms with van der Waals surface area (Å²) in [5.41, 5.74) is 3.48. The van der Waals surface area contributed by atoms with Gasteiger partial charge in [0.2, 0.25) is 5.95 Å². The van der Waals surface area contributed by atoms with Crippen molar-refractivity contribution in [2.45, 2.75) is 32.6 Å². The number of nitrogens with one attached hydrogen (secondary N) is 1. The van der Waals surface area contributed by atoms with Crippen LogP contribution in [0.25, 0.3) is 0 Å². The average molecular weight is 261 g/mol. The minimum atomic E-state index is 0.495. The Kier molecular flexibility index (Phi) is 3.31. The molecule has 3 rings (SSSR count). The van der Waals surface area contributed by atoms with Gasteiger partial charge in [0, 0.05) is 25.4 Å². The summed E-state index contributed by atoms with van der Waals surface area (Å²) >= 11 is 0. The van der Waals surface area contributed by atoms with Gasteiger partial charge in [0.05, 0.1) is 0 Å². The molecule has 19 heavy (non-hydrogen) atoms. The van der Waals surface area contributed by atoms with Gasteiger partial charge >= 0.3 is 0 Å². The highest BCUT2D eigenvalue weighted by molar-refractivity contribution is 5.43. The molecule has 5 heteroatoms. The lowest BCUT2D eigenvalue weighted by Gasteiger charge is -2.28. The number of rotatable bonds is 4. The van der Waals surface area contributed by atoms with Crippen molar-refractivity contribution in [3.8, 4) is 0 Å². The van der Waals surface area contributed by atoms with Gasteiger partial charge in [0.1, 0.15) is 5.82 Å². The second-order valence-electron chi connectivity index (χ2n) is 6.15. The Hall–Kier alpha value is -1.36. The van der Waals surface area contributed by atoms with Gasteiger partial charge in [-0.15, -0.1) is 0 Å². The van der Waals surface area contributed by atoms with E-state index in [1.54, 1.807) is 0 Å². The van der Waals surface area contributed by atoms with Crippen LogP contribution in [0, 0.1) is 24.7 Å². The fourth-order valence-corrected chi connectivity index (χ4v) is 3.86. The van der Waals surface area contributed by atoms with Crippen molar-refractivity contribution in [1.29, 1.82) is 0 Å². The van der Waals surface area contributed by atoms with Gasteiger partial charge < -0.3 is 4.90 Å². The number of hydrogen-bond acceptors (Lipinski definition) is 5. The third-order valence-corrected chi connectivity index (χ3v) is 4.75. The van der Waals surface area contributed by atoms with Crippen LogP contribution < -0.4 is 16.2 Å². The van der Waals surface area contributed by atoms with Crippen LogP contribution in [-0.2, 0) is 0 Å². The normalized spacial score (nSPS) is 28.7. The molecule has 2 bridgehead atoms. The zero-order valence-electron chi connectivity index (χ0n) is 11.8. The van der Waals surface area contributed by atoms with Gasteiger partial charge in [-0.2, -0.15) is 4.98 Å². The molecule has 104 valence electrons. The highest BCUT2D eigenvalue weighted by Gasteiger charge is 2.39. The summed E-state index contributed by atoms with van der Waals surface area (Å²) < 4.78 is 0. The third kappa shape index (κ3) is 2.52. The summed E-state index contributed by atoms with van der Waals surface area (Å²) in [5, 5.41) is 0. The molecule has 2 aliphatic rings. The summed E-state index contributed by atoms with van der Waals surface area (Å²) in [5.74, 6) is 9.65. The van der Waals surface area contributed by atoms with Gasteiger partial charge in [0.15, 0.2) is 0 Å². The molecule has 0 spiro atoms. The lowest BCUT2D eigenvalue weighted by atomic mass is 9.88. The molecule has 5 nitrogen and oxygen atoms in total. The van der Waals surface area contributed by atoms with Crippen molar-refractivity contribution in [1.82, 2.24) is 9.97 Å². The van der Waals surface area contributed by atoms with Crippen LogP contribution in [0.2, 0.25) is 0 Å². The van der Waals surface area contributed by atoms with Crippen LogP contribution in [0.3, 0.4) is 0 Å². The summed E-state index contributed by atoms with van der Waals surface area (Å²) in [6.45, 7) is 3.07. The number of aryl methyl sites for hydroxylation is 1. The highest BCUT2D eigenvalue weighted by atomic mass is 15.3. The Labute approximate surface area is 114 Å². The second kappa shape index (κ2) is 4.96. The van der Waals surface area contributed by atoms with E-state index >= 15 is 0 Å². The van der Waals surface area contributed by atoms with Crippen molar-refractivity contribution >= 4 is 11.8 Å². The van der Waals surface area contributed by atoms with Crippen LogP contribution in [0.15, 0.2) is 6.07 Å². The zero-order valence-corrected chi connectivity index (χ0v) is 11.8. The maximum absolute atomic E-state index is 5.41. The largest absolute Gasteiger partial charge is 0.359 e. The average Bonchev–Trinajstić information content (AvgIpc) is 3.00. The maximum Gasteiger partial charge on any atom is 0.239 e. The van der Waals surface area contributed by atoms with Crippen molar-refractivity contribution in [3.05, 3.63) is 11.8 Å².